The molecule has 1 N–H and O–H groups in total. The molecule has 122 valence electrons. The molecule has 0 spiro atoms. The minimum atomic E-state index is -1.11. The number of hydrogen-bond acceptors (Lipinski definition) is 3. The molecule has 2 aromatic rings. The lowest BCUT2D eigenvalue weighted by molar-refractivity contribution is 0.0692. The Labute approximate surface area is 139 Å². The first kappa shape index (κ1) is 15.8. The van der Waals surface area contributed by atoms with Gasteiger partial charge in [0.1, 0.15) is 5.75 Å². The monoisotopic (exact) mass is 323 g/mol. The van der Waals surface area contributed by atoms with E-state index >= 15 is 0 Å². The van der Waals surface area contributed by atoms with E-state index in [1.54, 1.807) is 48.4 Å². The zero-order chi connectivity index (χ0) is 17.3. The number of carbonyl (C=O) groups excluding carboxylic acids is 1. The molecule has 0 aliphatic carbocycles. The Hall–Kier alpha value is -3.08. The molecule has 5 heteroatoms. The Morgan fingerprint density at radius 1 is 1.33 bits per heavy atom. The second-order valence-electron chi connectivity index (χ2n) is 5.49. The quantitative estimate of drug-likeness (QED) is 0.853. The molecule has 1 aliphatic rings. The number of ether oxygens (including phenoxy) is 1. The highest BCUT2D eigenvalue weighted by Crippen LogP contribution is 2.41. The Bertz CT molecular complexity index is 828. The van der Waals surface area contributed by atoms with Crippen molar-refractivity contribution < 1.29 is 19.4 Å². The van der Waals surface area contributed by atoms with E-state index in [-0.39, 0.29) is 23.1 Å². The number of aromatic carboxylic acids is 1. The molecule has 0 aromatic heterocycles. The van der Waals surface area contributed by atoms with Crippen LogP contribution in [0.3, 0.4) is 0 Å². The topological polar surface area (TPSA) is 66.8 Å². The summed E-state index contributed by atoms with van der Waals surface area (Å²) in [6.07, 6.45) is 2.26. The van der Waals surface area contributed by atoms with Gasteiger partial charge in [-0.1, -0.05) is 24.3 Å². The summed E-state index contributed by atoms with van der Waals surface area (Å²) in [5.74, 6) is -0.791. The zero-order valence-electron chi connectivity index (χ0n) is 13.2. The van der Waals surface area contributed by atoms with E-state index in [1.165, 1.54) is 6.07 Å². The van der Waals surface area contributed by atoms with Gasteiger partial charge < -0.3 is 14.7 Å². The summed E-state index contributed by atoms with van der Waals surface area (Å²) < 4.78 is 5.23. The molecule has 1 atom stereocenters. The largest absolute Gasteiger partial charge is 0.497 e. The number of fused-ring (bicyclic) bond motifs is 1. The standard InChI is InChI=1S/C19H17NO4/c1-3-6-16-14-9-5-10-15(19(22)23)17(14)18(21)20(16)12-7-4-8-13(11-12)24-2/h3-5,7-11,16H,1,6H2,2H3,(H,22,23)/t16-/m1/s1. The van der Waals surface area contributed by atoms with Gasteiger partial charge in [-0.25, -0.2) is 4.79 Å². The van der Waals surface area contributed by atoms with Crippen LogP contribution in [0.5, 0.6) is 5.75 Å². The Morgan fingerprint density at radius 2 is 2.08 bits per heavy atom. The number of hydrogen-bond donors (Lipinski definition) is 1. The Balaban J connectivity index is 2.17. The highest BCUT2D eigenvalue weighted by molar-refractivity contribution is 6.16. The number of carboxylic acids is 1. The van der Waals surface area contributed by atoms with E-state index in [9.17, 15) is 14.7 Å². The van der Waals surface area contributed by atoms with Gasteiger partial charge >= 0.3 is 5.97 Å². The molecule has 0 radical (unpaired) electrons. The van der Waals surface area contributed by atoms with Gasteiger partial charge in [0, 0.05) is 11.8 Å². The van der Waals surface area contributed by atoms with Crippen molar-refractivity contribution in [2.45, 2.75) is 12.5 Å². The first-order chi connectivity index (χ1) is 11.6. The van der Waals surface area contributed by atoms with Crippen molar-refractivity contribution in [2.75, 3.05) is 12.0 Å². The third-order valence-corrected chi connectivity index (χ3v) is 4.15. The van der Waals surface area contributed by atoms with Crippen LogP contribution < -0.4 is 9.64 Å². The van der Waals surface area contributed by atoms with Crippen molar-refractivity contribution in [3.05, 3.63) is 71.8 Å². The van der Waals surface area contributed by atoms with Crippen LogP contribution in [0.25, 0.3) is 0 Å². The molecule has 1 aliphatic heterocycles. The lowest BCUT2D eigenvalue weighted by atomic mass is 9.98. The van der Waals surface area contributed by atoms with Crippen LogP contribution in [0.15, 0.2) is 55.1 Å². The summed E-state index contributed by atoms with van der Waals surface area (Å²) in [6.45, 7) is 3.76. The molecule has 0 bridgehead atoms. The first-order valence-electron chi connectivity index (χ1n) is 7.53. The van der Waals surface area contributed by atoms with Gasteiger partial charge in [-0.2, -0.15) is 0 Å². The van der Waals surface area contributed by atoms with Gasteiger partial charge in [-0.05, 0) is 30.2 Å². The molecular weight excluding hydrogens is 306 g/mol. The van der Waals surface area contributed by atoms with E-state index in [1.807, 2.05) is 6.07 Å². The number of anilines is 1. The van der Waals surface area contributed by atoms with Gasteiger partial charge in [0.2, 0.25) is 0 Å². The zero-order valence-corrected chi connectivity index (χ0v) is 13.2. The van der Waals surface area contributed by atoms with Gasteiger partial charge in [-0.15, -0.1) is 6.58 Å². The molecule has 5 nitrogen and oxygen atoms in total. The smallest absolute Gasteiger partial charge is 0.336 e. The molecule has 0 unspecified atom stereocenters. The van der Waals surface area contributed by atoms with Crippen LogP contribution in [0.4, 0.5) is 5.69 Å². The van der Waals surface area contributed by atoms with Crippen molar-refractivity contribution in [1.29, 1.82) is 0 Å². The SMILES string of the molecule is C=CC[C@@H]1c2cccc(C(=O)O)c2C(=O)N1c1cccc(OC)c1. The predicted molar refractivity (Wildman–Crippen MR) is 90.8 cm³/mol. The van der Waals surface area contributed by atoms with Crippen LogP contribution in [0.2, 0.25) is 0 Å². The molecular formula is C19H17NO4. The molecule has 24 heavy (non-hydrogen) atoms. The maximum Gasteiger partial charge on any atom is 0.336 e. The van der Waals surface area contributed by atoms with E-state index in [4.69, 9.17) is 4.74 Å². The summed E-state index contributed by atoms with van der Waals surface area (Å²) >= 11 is 0. The minimum Gasteiger partial charge on any atom is -0.497 e. The molecule has 0 saturated heterocycles. The maximum absolute atomic E-state index is 13.0. The highest BCUT2D eigenvalue weighted by Gasteiger charge is 2.39. The fraction of sp³-hybridized carbons (Fsp3) is 0.158. The maximum atomic E-state index is 13.0. The van der Waals surface area contributed by atoms with E-state index in [0.29, 0.717) is 23.4 Å². The second kappa shape index (κ2) is 6.20. The summed E-state index contributed by atoms with van der Waals surface area (Å²) in [4.78, 5) is 26.1. The van der Waals surface area contributed by atoms with Crippen molar-refractivity contribution in [1.82, 2.24) is 0 Å². The fourth-order valence-corrected chi connectivity index (χ4v) is 3.11. The van der Waals surface area contributed by atoms with Gasteiger partial charge in [0.05, 0.1) is 24.3 Å². The average molecular weight is 323 g/mol. The van der Waals surface area contributed by atoms with Gasteiger partial charge in [0.15, 0.2) is 0 Å². The third kappa shape index (κ3) is 2.44. The van der Waals surface area contributed by atoms with E-state index < -0.39 is 5.97 Å². The number of amides is 1. The minimum absolute atomic E-state index is 0.0250. The number of benzene rings is 2. The van der Waals surface area contributed by atoms with E-state index in [0.717, 1.165) is 0 Å². The average Bonchev–Trinajstić information content (AvgIpc) is 2.87. The van der Waals surface area contributed by atoms with Crippen LogP contribution in [-0.2, 0) is 0 Å². The predicted octanol–water partition coefficient (Wildman–Crippen LogP) is 3.67. The van der Waals surface area contributed by atoms with Gasteiger partial charge in [0.25, 0.3) is 5.91 Å². The number of carboxylic acid groups (broad SMARTS) is 1. The van der Waals surface area contributed by atoms with Crippen LogP contribution >= 0.6 is 0 Å². The summed E-state index contributed by atoms with van der Waals surface area (Å²) in [7, 11) is 1.56. The molecule has 1 amide bonds. The number of rotatable bonds is 5. The van der Waals surface area contributed by atoms with Crippen LogP contribution in [-0.4, -0.2) is 24.1 Å². The highest BCUT2D eigenvalue weighted by atomic mass is 16.5. The summed E-state index contributed by atoms with van der Waals surface area (Å²) in [6, 6.07) is 11.8. The number of carbonyl (C=O) groups is 2. The molecule has 0 saturated carbocycles. The fourth-order valence-electron chi connectivity index (χ4n) is 3.11. The lowest BCUT2D eigenvalue weighted by Crippen LogP contribution is -2.28. The summed E-state index contributed by atoms with van der Waals surface area (Å²) in [5.41, 5.74) is 1.65. The normalized spacial score (nSPS) is 16.0. The van der Waals surface area contributed by atoms with E-state index in [2.05, 4.69) is 6.58 Å². The molecule has 0 fully saturated rings. The molecule has 3 rings (SSSR count). The molecule has 1 heterocycles. The van der Waals surface area contributed by atoms with Crippen LogP contribution in [0, 0.1) is 0 Å². The van der Waals surface area contributed by atoms with Gasteiger partial charge in [-0.3, -0.25) is 4.79 Å². The van der Waals surface area contributed by atoms with Crippen molar-refractivity contribution in [3.8, 4) is 5.75 Å². The molecule has 2 aromatic carbocycles. The third-order valence-electron chi connectivity index (χ3n) is 4.15. The van der Waals surface area contributed by atoms with Crippen molar-refractivity contribution >= 4 is 17.6 Å². The number of nitrogens with zero attached hydrogens (tertiary/aromatic N) is 1. The Morgan fingerprint density at radius 3 is 2.75 bits per heavy atom. The van der Waals surface area contributed by atoms with Crippen molar-refractivity contribution in [3.63, 3.8) is 0 Å². The second-order valence-corrected chi connectivity index (χ2v) is 5.49. The number of methoxy groups -OCH3 is 1. The summed E-state index contributed by atoms with van der Waals surface area (Å²) in [5, 5.41) is 9.41. The Kier molecular flexibility index (Phi) is 4.08. The van der Waals surface area contributed by atoms with Crippen molar-refractivity contribution in [2.24, 2.45) is 0 Å². The first-order valence-corrected chi connectivity index (χ1v) is 7.53. The van der Waals surface area contributed by atoms with Crippen LogP contribution in [0.1, 0.15) is 38.7 Å². The lowest BCUT2D eigenvalue weighted by Gasteiger charge is -2.25.